The first-order valence-electron chi connectivity index (χ1n) is 10.2. The summed E-state index contributed by atoms with van der Waals surface area (Å²) in [5, 5.41) is 2.58. The van der Waals surface area contributed by atoms with Gasteiger partial charge in [0.05, 0.1) is 17.5 Å². The maximum atomic E-state index is 12.6. The lowest BCUT2D eigenvalue weighted by Gasteiger charge is -2.23. The van der Waals surface area contributed by atoms with Crippen LogP contribution in [0.4, 0.5) is 5.69 Å². The molecule has 8 nitrogen and oxygen atoms in total. The first-order chi connectivity index (χ1) is 14.2. The molecule has 4 atom stereocenters. The Labute approximate surface area is 174 Å². The average molecular weight is 414 g/mol. The Bertz CT molecular complexity index is 871. The fraction of sp³-hybridized carbons (Fsp3) is 0.500. The zero-order valence-electron chi connectivity index (χ0n) is 17.3. The minimum absolute atomic E-state index is 0.211. The molecular weight excluding hydrogens is 388 g/mol. The van der Waals surface area contributed by atoms with Gasteiger partial charge in [-0.3, -0.25) is 24.1 Å². The summed E-state index contributed by atoms with van der Waals surface area (Å²) in [5.74, 6) is -3.02. The first kappa shape index (κ1) is 21.7. The van der Waals surface area contributed by atoms with Crippen LogP contribution in [0.5, 0.6) is 0 Å². The monoisotopic (exact) mass is 414 g/mol. The van der Waals surface area contributed by atoms with Crippen LogP contribution in [-0.4, -0.2) is 46.5 Å². The van der Waals surface area contributed by atoms with Crippen LogP contribution < -0.4 is 5.32 Å². The van der Waals surface area contributed by atoms with Crippen molar-refractivity contribution in [3.8, 4) is 0 Å². The van der Waals surface area contributed by atoms with Gasteiger partial charge in [0.1, 0.15) is 6.04 Å². The molecule has 1 saturated carbocycles. The predicted octanol–water partition coefficient (Wildman–Crippen LogP) is 2.32. The summed E-state index contributed by atoms with van der Waals surface area (Å²) in [7, 11) is 0. The summed E-state index contributed by atoms with van der Waals surface area (Å²) in [5.41, 5.74) is 0.661. The Balaban J connectivity index is 1.64. The molecule has 0 aromatic heterocycles. The van der Waals surface area contributed by atoms with E-state index in [1.165, 1.54) is 20.8 Å². The number of nitrogens with zero attached hydrogens (tertiary/aromatic N) is 1. The van der Waals surface area contributed by atoms with Crippen LogP contribution in [0, 0.1) is 11.8 Å². The summed E-state index contributed by atoms with van der Waals surface area (Å²) in [6, 6.07) is 5.41. The van der Waals surface area contributed by atoms with Crippen LogP contribution in [0.3, 0.4) is 0 Å². The molecule has 1 N–H and O–H groups in total. The smallest absolute Gasteiger partial charge is 0.329 e. The van der Waals surface area contributed by atoms with Crippen molar-refractivity contribution in [2.75, 3.05) is 5.32 Å². The van der Waals surface area contributed by atoms with E-state index in [1.54, 1.807) is 24.3 Å². The minimum Gasteiger partial charge on any atom is -0.451 e. The number of para-hydroxylation sites is 1. The van der Waals surface area contributed by atoms with E-state index >= 15 is 0 Å². The lowest BCUT2D eigenvalue weighted by atomic mass is 9.81. The summed E-state index contributed by atoms with van der Waals surface area (Å²) in [6.07, 6.45) is 1.93. The van der Waals surface area contributed by atoms with Gasteiger partial charge < -0.3 is 10.1 Å². The van der Waals surface area contributed by atoms with Crippen molar-refractivity contribution in [1.29, 1.82) is 0 Å². The van der Waals surface area contributed by atoms with Crippen molar-refractivity contribution < 1.29 is 28.7 Å². The highest BCUT2D eigenvalue weighted by molar-refractivity contribution is 6.08. The second-order valence-corrected chi connectivity index (χ2v) is 7.89. The fourth-order valence-electron chi connectivity index (χ4n) is 4.13. The Hall–Kier alpha value is -3.03. The number of amides is 3. The Morgan fingerprint density at radius 2 is 1.60 bits per heavy atom. The summed E-state index contributed by atoms with van der Waals surface area (Å²) >= 11 is 0. The number of nitrogens with one attached hydrogen (secondary N) is 1. The van der Waals surface area contributed by atoms with Crippen molar-refractivity contribution in [3.05, 3.63) is 29.8 Å². The van der Waals surface area contributed by atoms with E-state index < -0.39 is 24.0 Å². The first-order valence-corrected chi connectivity index (χ1v) is 10.2. The van der Waals surface area contributed by atoms with Gasteiger partial charge in [0, 0.05) is 5.56 Å². The third-order valence-electron chi connectivity index (χ3n) is 5.83. The third-order valence-corrected chi connectivity index (χ3v) is 5.83. The molecule has 1 aliphatic heterocycles. The predicted molar refractivity (Wildman–Crippen MR) is 107 cm³/mol. The lowest BCUT2D eigenvalue weighted by Crippen LogP contribution is -2.46. The lowest BCUT2D eigenvalue weighted by molar-refractivity contribution is -0.163. The number of benzene rings is 1. The standard InChI is InChI=1S/C22H26N2O6/c1-12(24-20(27)16-9-4-5-10-17(16)21(24)28)22(29)30-14(3)19(26)23-18-11-7-6-8-15(18)13(2)25/h6-8,11-12,14,16-17H,4-5,9-10H2,1-3H3,(H,23,26)/t12-,14-,16-,17+/m0/s1. The van der Waals surface area contributed by atoms with Gasteiger partial charge in [-0.15, -0.1) is 0 Å². The number of likely N-dealkylation sites (tertiary alicyclic amines) is 1. The van der Waals surface area contributed by atoms with Gasteiger partial charge in [-0.05, 0) is 45.7 Å². The Morgan fingerprint density at radius 3 is 2.17 bits per heavy atom. The van der Waals surface area contributed by atoms with Crippen molar-refractivity contribution in [1.82, 2.24) is 4.90 Å². The van der Waals surface area contributed by atoms with Crippen LogP contribution in [-0.2, 0) is 23.9 Å². The molecule has 1 aliphatic carbocycles. The molecule has 30 heavy (non-hydrogen) atoms. The number of fused-ring (bicyclic) bond motifs is 1. The zero-order valence-corrected chi connectivity index (χ0v) is 17.3. The molecule has 3 rings (SSSR count). The van der Waals surface area contributed by atoms with E-state index in [0.717, 1.165) is 17.7 Å². The van der Waals surface area contributed by atoms with Crippen LogP contribution >= 0.6 is 0 Å². The van der Waals surface area contributed by atoms with Crippen molar-refractivity contribution in [3.63, 3.8) is 0 Å². The quantitative estimate of drug-likeness (QED) is 0.435. The van der Waals surface area contributed by atoms with Crippen LogP contribution in [0.1, 0.15) is 56.8 Å². The second kappa shape index (κ2) is 8.77. The van der Waals surface area contributed by atoms with Gasteiger partial charge in [-0.1, -0.05) is 25.0 Å². The normalized spacial score (nSPS) is 22.8. The number of carbonyl (C=O) groups excluding carboxylic acids is 5. The number of imide groups is 1. The third kappa shape index (κ3) is 4.13. The molecule has 1 saturated heterocycles. The fourth-order valence-corrected chi connectivity index (χ4v) is 4.13. The number of Topliss-reactive ketones (excluding diaryl/α,β-unsaturated/α-hetero) is 1. The highest BCUT2D eigenvalue weighted by Crippen LogP contribution is 2.39. The summed E-state index contributed by atoms with van der Waals surface area (Å²) in [6.45, 7) is 4.21. The van der Waals surface area contributed by atoms with Gasteiger partial charge in [-0.2, -0.15) is 0 Å². The molecule has 160 valence electrons. The van der Waals surface area contributed by atoms with E-state index in [1.807, 2.05) is 0 Å². The SMILES string of the molecule is CC(=O)c1ccccc1NC(=O)[C@H](C)OC(=O)[C@H](C)N1C(=O)[C@H]2CCCC[C@H]2C1=O. The molecule has 1 heterocycles. The molecule has 2 fully saturated rings. The zero-order chi connectivity index (χ0) is 22.0. The van der Waals surface area contributed by atoms with Crippen LogP contribution in [0.25, 0.3) is 0 Å². The van der Waals surface area contributed by atoms with Crippen molar-refractivity contribution in [2.24, 2.45) is 11.8 Å². The number of ketones is 1. The topological polar surface area (TPSA) is 110 Å². The number of hydrogen-bond donors (Lipinski definition) is 1. The van der Waals surface area contributed by atoms with E-state index in [2.05, 4.69) is 5.32 Å². The Morgan fingerprint density at radius 1 is 1.03 bits per heavy atom. The van der Waals surface area contributed by atoms with Gasteiger partial charge in [0.2, 0.25) is 11.8 Å². The highest BCUT2D eigenvalue weighted by Gasteiger charge is 2.51. The number of ether oxygens (including phenoxy) is 1. The maximum Gasteiger partial charge on any atom is 0.329 e. The highest BCUT2D eigenvalue weighted by atomic mass is 16.5. The molecule has 3 amide bonds. The molecule has 1 aromatic rings. The number of anilines is 1. The van der Waals surface area contributed by atoms with E-state index in [0.29, 0.717) is 24.1 Å². The van der Waals surface area contributed by atoms with Crippen LogP contribution in [0.15, 0.2) is 24.3 Å². The minimum atomic E-state index is -1.17. The Kier molecular flexibility index (Phi) is 6.34. The molecule has 0 radical (unpaired) electrons. The van der Waals surface area contributed by atoms with Gasteiger partial charge >= 0.3 is 5.97 Å². The maximum absolute atomic E-state index is 12.6. The van der Waals surface area contributed by atoms with Gasteiger partial charge in [0.15, 0.2) is 11.9 Å². The molecular formula is C22H26N2O6. The van der Waals surface area contributed by atoms with Crippen molar-refractivity contribution in [2.45, 2.75) is 58.6 Å². The second-order valence-electron chi connectivity index (χ2n) is 7.89. The molecule has 2 aliphatic rings. The largest absolute Gasteiger partial charge is 0.451 e. The number of rotatable bonds is 6. The molecule has 0 bridgehead atoms. The summed E-state index contributed by atoms with van der Waals surface area (Å²) in [4.78, 5) is 63.0. The van der Waals surface area contributed by atoms with E-state index in [9.17, 15) is 24.0 Å². The number of carbonyl (C=O) groups is 5. The van der Waals surface area contributed by atoms with Gasteiger partial charge in [0.25, 0.3) is 5.91 Å². The molecule has 0 unspecified atom stereocenters. The van der Waals surface area contributed by atoms with Gasteiger partial charge in [-0.25, -0.2) is 4.79 Å². The molecule has 0 spiro atoms. The number of esters is 1. The molecule has 8 heteroatoms. The van der Waals surface area contributed by atoms with E-state index in [4.69, 9.17) is 4.74 Å². The average Bonchev–Trinajstić information content (AvgIpc) is 2.98. The van der Waals surface area contributed by atoms with E-state index in [-0.39, 0.29) is 29.4 Å². The van der Waals surface area contributed by atoms with Crippen LogP contribution in [0.2, 0.25) is 0 Å². The van der Waals surface area contributed by atoms with Crippen molar-refractivity contribution >= 4 is 35.2 Å². The summed E-state index contributed by atoms with van der Waals surface area (Å²) < 4.78 is 5.23. The number of hydrogen-bond acceptors (Lipinski definition) is 6. The molecule has 1 aromatic carbocycles.